The van der Waals surface area contributed by atoms with E-state index in [0.29, 0.717) is 63.2 Å². The van der Waals surface area contributed by atoms with Crippen LogP contribution in [-0.2, 0) is 28.7 Å². The van der Waals surface area contributed by atoms with Crippen LogP contribution in [0.5, 0.6) is 0 Å². The summed E-state index contributed by atoms with van der Waals surface area (Å²) in [5.41, 5.74) is 0. The molecule has 6 unspecified atom stereocenters. The largest absolute Gasteiger partial charge is 0.480 e. The van der Waals surface area contributed by atoms with Crippen LogP contribution in [0.25, 0.3) is 0 Å². The molecule has 0 aromatic heterocycles. The number of nitrogens with one attached hydrogen (secondary N) is 4. The van der Waals surface area contributed by atoms with E-state index >= 15 is 0 Å². The van der Waals surface area contributed by atoms with E-state index in [4.69, 9.17) is 4.74 Å². The second kappa shape index (κ2) is 24.8. The van der Waals surface area contributed by atoms with Gasteiger partial charge in [-0.2, -0.15) is 0 Å². The molecule has 5 N–H and O–H groups in total. The third-order valence-corrected chi connectivity index (χ3v) is 17.3. The zero-order valence-electron chi connectivity index (χ0n) is 39.2. The summed E-state index contributed by atoms with van der Waals surface area (Å²) in [6, 6.07) is -4.14. The number of aliphatic carboxylic acids is 1. The van der Waals surface area contributed by atoms with Crippen LogP contribution in [0.2, 0.25) is 0 Å². The normalized spacial score (nSPS) is 38.4. The SMILES string of the molecule is O=C1COC2CCC(CC2)CC(C(=O)O)NC(=O)C(CCC2CCCCC2)NC(=O)C(CC2CCC(C3CCCCC3)CC2)NC(=O)C(C=CC2CCC(C3CC(F)CC(F)C3)CC2)N1. The van der Waals surface area contributed by atoms with E-state index in [1.165, 1.54) is 38.5 Å². The van der Waals surface area contributed by atoms with Gasteiger partial charge in [-0.05, 0) is 150 Å². The number of hydrogen-bond acceptors (Lipinski definition) is 6. The van der Waals surface area contributed by atoms with Crippen LogP contribution >= 0.6 is 0 Å². The van der Waals surface area contributed by atoms with Gasteiger partial charge in [0.15, 0.2) is 0 Å². The molecule has 0 radical (unpaired) electrons. The lowest BCUT2D eigenvalue weighted by atomic mass is 9.70. The summed E-state index contributed by atoms with van der Waals surface area (Å²) < 4.78 is 34.7. The van der Waals surface area contributed by atoms with Crippen LogP contribution in [0, 0.1) is 47.3 Å². The van der Waals surface area contributed by atoms with Crippen molar-refractivity contribution in [3.05, 3.63) is 12.2 Å². The lowest BCUT2D eigenvalue weighted by molar-refractivity contribution is -0.143. The van der Waals surface area contributed by atoms with Gasteiger partial charge in [0.05, 0.1) is 6.10 Å². The van der Waals surface area contributed by atoms with Gasteiger partial charge in [0.25, 0.3) is 0 Å². The van der Waals surface area contributed by atoms with Gasteiger partial charge in [-0.15, -0.1) is 0 Å². The van der Waals surface area contributed by atoms with Crippen molar-refractivity contribution in [2.24, 2.45) is 47.3 Å². The Labute approximate surface area is 387 Å². The Morgan fingerprint density at radius 2 is 1.14 bits per heavy atom. The van der Waals surface area contributed by atoms with Crippen LogP contribution < -0.4 is 21.3 Å². The Morgan fingerprint density at radius 3 is 1.80 bits per heavy atom. The molecule has 0 aromatic rings. The highest BCUT2D eigenvalue weighted by molar-refractivity contribution is 5.95. The molecule has 65 heavy (non-hydrogen) atoms. The number of carboxylic acids is 1. The van der Waals surface area contributed by atoms with Crippen LogP contribution in [0.4, 0.5) is 8.78 Å². The summed E-state index contributed by atoms with van der Waals surface area (Å²) in [7, 11) is 0. The fourth-order valence-corrected chi connectivity index (χ4v) is 13.4. The third-order valence-electron chi connectivity index (χ3n) is 17.3. The second-order valence-corrected chi connectivity index (χ2v) is 22.0. The van der Waals surface area contributed by atoms with Crippen molar-refractivity contribution in [2.45, 2.75) is 229 Å². The number of ether oxygens (including phenoxy) is 1. The van der Waals surface area contributed by atoms with E-state index < -0.39 is 66.1 Å². The number of fused-ring (bicyclic) bond motifs is 16. The number of rotatable bonds is 10. The minimum atomic E-state index is -1.11. The Balaban J connectivity index is 1.10. The van der Waals surface area contributed by atoms with Gasteiger partial charge < -0.3 is 31.1 Å². The molecule has 2 saturated heterocycles. The van der Waals surface area contributed by atoms with Crippen LogP contribution in [-0.4, -0.2) is 83.9 Å². The molecule has 8 fully saturated rings. The van der Waals surface area contributed by atoms with E-state index in [-0.39, 0.29) is 55.1 Å². The number of alkyl halides is 2. The zero-order valence-corrected chi connectivity index (χ0v) is 39.2. The molecule has 0 aromatic carbocycles. The second-order valence-electron chi connectivity index (χ2n) is 22.0. The molecule has 0 spiro atoms. The minimum absolute atomic E-state index is 0.00349. The number of carboxylic acid groups (broad SMARTS) is 1. The molecule has 8 rings (SSSR count). The highest BCUT2D eigenvalue weighted by Crippen LogP contribution is 2.43. The molecule has 2 heterocycles. The molecule has 11 nitrogen and oxygen atoms in total. The highest BCUT2D eigenvalue weighted by atomic mass is 19.1. The number of amides is 4. The van der Waals surface area contributed by atoms with Crippen molar-refractivity contribution in [3.63, 3.8) is 0 Å². The van der Waals surface area contributed by atoms with Crippen LogP contribution in [0.1, 0.15) is 186 Å². The predicted octanol–water partition coefficient (Wildman–Crippen LogP) is 8.97. The Bertz CT molecular complexity index is 1570. The summed E-state index contributed by atoms with van der Waals surface area (Å²) in [5.74, 6) is -0.487. The van der Waals surface area contributed by atoms with Crippen LogP contribution in [0.15, 0.2) is 12.2 Å². The van der Waals surface area contributed by atoms with Crippen LogP contribution in [0.3, 0.4) is 0 Å². The van der Waals surface area contributed by atoms with Crippen molar-refractivity contribution in [1.29, 1.82) is 0 Å². The Morgan fingerprint density at radius 1 is 0.554 bits per heavy atom. The molecule has 6 saturated carbocycles. The number of hydrogen-bond donors (Lipinski definition) is 5. The molecule has 8 aliphatic rings. The van der Waals surface area contributed by atoms with E-state index in [1.807, 2.05) is 6.08 Å². The number of halogens is 2. The molecule has 2 aliphatic heterocycles. The van der Waals surface area contributed by atoms with E-state index in [0.717, 1.165) is 89.4 Å². The average Bonchev–Trinajstić information content (AvgIpc) is 3.31. The molecule has 4 amide bonds. The quantitative estimate of drug-likeness (QED) is 0.108. The van der Waals surface area contributed by atoms with Crippen molar-refractivity contribution in [3.8, 4) is 0 Å². The molecular weight excluding hydrogens is 831 g/mol. The van der Waals surface area contributed by atoms with Gasteiger partial charge in [0.1, 0.15) is 43.1 Å². The van der Waals surface area contributed by atoms with Crippen molar-refractivity contribution >= 4 is 29.6 Å². The zero-order chi connectivity index (χ0) is 45.7. The summed E-state index contributed by atoms with van der Waals surface area (Å²) in [4.78, 5) is 69.7. The van der Waals surface area contributed by atoms with E-state index in [2.05, 4.69) is 21.3 Å². The lowest BCUT2D eigenvalue weighted by Crippen LogP contribution is -2.58. The number of allylic oxidation sites excluding steroid dienone is 1. The monoisotopic (exact) mass is 913 g/mol. The van der Waals surface area contributed by atoms with Crippen molar-refractivity contribution < 1.29 is 42.6 Å². The standard InChI is InChI=1S/C52H82F2N4O7/c53-41-29-40(30-42(54)31-41)39-19-11-34(12-20-39)18-25-44-49(60)57-46(27-35-13-21-38(22-14-35)37-9-5-2-6-10-37)51(62)56-45(26-17-33-7-3-1-4-8-33)50(61)58-47(52(63)64)28-36-15-23-43(24-16-36)65-32-48(59)55-44/h18,25,33-47H,1-17,19-24,26-32H2,(H,55,59)(H,56,62)(H,57,60)(H,58,61)(H,63,64). The van der Waals surface area contributed by atoms with Crippen molar-refractivity contribution in [1.82, 2.24) is 21.3 Å². The first kappa shape index (κ1) is 49.8. The summed E-state index contributed by atoms with van der Waals surface area (Å²) in [6.07, 6.45) is 26.2. The lowest BCUT2D eigenvalue weighted by Gasteiger charge is -2.37. The fourth-order valence-electron chi connectivity index (χ4n) is 13.4. The maximum Gasteiger partial charge on any atom is 0.326 e. The molecule has 366 valence electrons. The summed E-state index contributed by atoms with van der Waals surface area (Å²) >= 11 is 0. The summed E-state index contributed by atoms with van der Waals surface area (Å²) in [5, 5.41) is 22.2. The fraction of sp³-hybridized carbons (Fsp3) is 0.865. The molecule has 6 atom stereocenters. The minimum Gasteiger partial charge on any atom is -0.480 e. The Kier molecular flexibility index (Phi) is 19.0. The first-order chi connectivity index (χ1) is 31.4. The van der Waals surface area contributed by atoms with Gasteiger partial charge in [0.2, 0.25) is 23.6 Å². The summed E-state index contributed by atoms with van der Waals surface area (Å²) in [6.45, 7) is -0.241. The van der Waals surface area contributed by atoms with Crippen molar-refractivity contribution in [2.75, 3.05) is 6.61 Å². The molecule has 2 bridgehead atoms. The smallest absolute Gasteiger partial charge is 0.326 e. The highest BCUT2D eigenvalue weighted by Gasteiger charge is 2.38. The first-order valence-electron chi connectivity index (χ1n) is 26.5. The van der Waals surface area contributed by atoms with Gasteiger partial charge >= 0.3 is 5.97 Å². The van der Waals surface area contributed by atoms with Gasteiger partial charge in [-0.25, -0.2) is 13.6 Å². The number of carbonyl (C=O) groups is 5. The average molecular weight is 913 g/mol. The number of carbonyl (C=O) groups excluding carboxylic acids is 4. The molecular formula is C52H82F2N4O7. The maximum atomic E-state index is 14.7. The first-order valence-corrected chi connectivity index (χ1v) is 26.5. The van der Waals surface area contributed by atoms with E-state index in [1.54, 1.807) is 6.08 Å². The predicted molar refractivity (Wildman–Crippen MR) is 246 cm³/mol. The topological polar surface area (TPSA) is 163 Å². The third kappa shape index (κ3) is 15.2. The molecule has 6 aliphatic carbocycles. The van der Waals surface area contributed by atoms with Gasteiger partial charge in [-0.3, -0.25) is 19.2 Å². The van der Waals surface area contributed by atoms with E-state index in [9.17, 15) is 37.9 Å². The Hall–Kier alpha value is -3.09. The van der Waals surface area contributed by atoms with Gasteiger partial charge in [-0.1, -0.05) is 89.2 Å². The maximum absolute atomic E-state index is 14.7. The van der Waals surface area contributed by atoms with Gasteiger partial charge in [0, 0.05) is 6.42 Å². The molecule has 13 heteroatoms.